The first-order valence-corrected chi connectivity index (χ1v) is 4.20. The van der Waals surface area contributed by atoms with Crippen molar-refractivity contribution in [1.82, 2.24) is 4.98 Å². The summed E-state index contributed by atoms with van der Waals surface area (Å²) in [5, 5.41) is 18.7. The molecule has 0 aliphatic carbocycles. The van der Waals surface area contributed by atoms with Gasteiger partial charge in [0, 0.05) is 17.1 Å². The number of fused-ring (bicyclic) bond motifs is 1. The maximum absolute atomic E-state index is 8.53. The zero-order chi connectivity index (χ0) is 11.1. The van der Waals surface area contributed by atoms with E-state index in [2.05, 4.69) is 11.1 Å². The van der Waals surface area contributed by atoms with E-state index >= 15 is 0 Å². The van der Waals surface area contributed by atoms with Crippen LogP contribution in [0.2, 0.25) is 0 Å². The predicted octanol–water partition coefficient (Wildman–Crippen LogP) is -0.511. The number of hydrogen-bond donors (Lipinski definition) is 1. The van der Waals surface area contributed by atoms with Gasteiger partial charge in [-0.15, -0.1) is 5.34 Å². The number of aromatic nitrogens is 1. The van der Waals surface area contributed by atoms with Crippen LogP contribution < -0.4 is 29.6 Å². The number of aromatic amines is 1. The van der Waals surface area contributed by atoms with Crippen molar-refractivity contribution < 1.29 is 29.6 Å². The molecule has 0 saturated carbocycles. The standard InChI is InChI=1S/C10H8N2.HNO2.Na/c11-6-5-8-7-12-10-4-2-1-3-9(8)10;2-1-3;/h1-4,7,12H,5H2;(H,2,3);/q;;+1/p-1. The number of nitrogens with one attached hydrogen (secondary N) is 1. The van der Waals surface area contributed by atoms with E-state index in [-0.39, 0.29) is 29.6 Å². The molecular weight excluding hydrogens is 217 g/mol. The van der Waals surface area contributed by atoms with Gasteiger partial charge < -0.3 is 15.1 Å². The van der Waals surface area contributed by atoms with Gasteiger partial charge in [-0.25, -0.2) is 0 Å². The van der Waals surface area contributed by atoms with Gasteiger partial charge in [0.05, 0.1) is 12.5 Å². The largest absolute Gasteiger partial charge is 1.00 e. The Morgan fingerprint density at radius 1 is 1.44 bits per heavy atom. The van der Waals surface area contributed by atoms with Crippen molar-refractivity contribution in [3.63, 3.8) is 0 Å². The molecule has 5 nitrogen and oxygen atoms in total. The number of hydrogen-bond acceptors (Lipinski definition) is 4. The summed E-state index contributed by atoms with van der Waals surface area (Å²) in [6.45, 7) is 0. The number of nitrogens with zero attached hydrogens (tertiary/aromatic N) is 2. The summed E-state index contributed by atoms with van der Waals surface area (Å²) in [6.07, 6.45) is 2.37. The summed E-state index contributed by atoms with van der Waals surface area (Å²) in [7, 11) is 0. The third-order valence-corrected chi connectivity index (χ3v) is 1.94. The first-order valence-electron chi connectivity index (χ1n) is 4.20. The molecule has 0 amide bonds. The average molecular weight is 225 g/mol. The summed E-state index contributed by atoms with van der Waals surface area (Å²) in [4.78, 5) is 11.1. The van der Waals surface area contributed by atoms with Gasteiger partial charge in [-0.3, -0.25) is 0 Å². The Morgan fingerprint density at radius 3 is 2.69 bits per heavy atom. The smallest absolute Gasteiger partial charge is 0.444 e. The van der Waals surface area contributed by atoms with E-state index in [0.717, 1.165) is 21.8 Å². The number of H-pyrrole nitrogens is 1. The Hall–Kier alpha value is -1.35. The predicted molar refractivity (Wildman–Crippen MR) is 56.8 cm³/mol. The summed E-state index contributed by atoms with van der Waals surface area (Å²) in [5.41, 5.74) is 2.18. The molecule has 0 bridgehead atoms. The van der Waals surface area contributed by atoms with Crippen LogP contribution in [0.1, 0.15) is 5.56 Å². The number of benzene rings is 1. The Morgan fingerprint density at radius 2 is 2.06 bits per heavy atom. The molecule has 0 fully saturated rings. The molecule has 2 rings (SSSR count). The van der Waals surface area contributed by atoms with Crippen LogP contribution in [0.3, 0.4) is 0 Å². The van der Waals surface area contributed by atoms with Crippen LogP contribution in [0, 0.1) is 21.4 Å². The van der Waals surface area contributed by atoms with E-state index < -0.39 is 0 Å². The molecule has 0 unspecified atom stereocenters. The summed E-state index contributed by atoms with van der Waals surface area (Å²) < 4.78 is 0. The Labute approximate surface area is 114 Å². The zero-order valence-corrected chi connectivity index (χ0v) is 10.8. The third-order valence-electron chi connectivity index (χ3n) is 1.94. The first-order chi connectivity index (χ1) is 7.33. The van der Waals surface area contributed by atoms with E-state index in [1.54, 1.807) is 0 Å². The normalized spacial score (nSPS) is 8.19. The fourth-order valence-electron chi connectivity index (χ4n) is 1.36. The molecule has 2 aromatic rings. The fourth-order valence-corrected chi connectivity index (χ4v) is 1.36. The molecule has 0 saturated heterocycles. The average Bonchev–Trinajstić information content (AvgIpc) is 2.64. The molecule has 1 aromatic heterocycles. The van der Waals surface area contributed by atoms with Gasteiger partial charge in [0.25, 0.3) is 0 Å². The maximum Gasteiger partial charge on any atom is 1.00 e. The van der Waals surface area contributed by atoms with Gasteiger partial charge in [0.1, 0.15) is 0 Å². The summed E-state index contributed by atoms with van der Waals surface area (Å²) in [6, 6.07) is 10.1. The zero-order valence-electron chi connectivity index (χ0n) is 8.80. The van der Waals surface area contributed by atoms with Crippen molar-refractivity contribution in [3.8, 4) is 6.07 Å². The third kappa shape index (κ3) is 3.66. The molecule has 0 aliphatic heterocycles. The minimum Gasteiger partial charge on any atom is -0.444 e. The van der Waals surface area contributed by atoms with Crippen LogP contribution >= 0.6 is 0 Å². The van der Waals surface area contributed by atoms with E-state index in [0.29, 0.717) is 6.42 Å². The number of nitriles is 1. The molecule has 0 radical (unpaired) electrons. The van der Waals surface area contributed by atoms with Crippen LogP contribution in [0.15, 0.2) is 35.8 Å². The minimum atomic E-state index is 0. The van der Waals surface area contributed by atoms with Crippen molar-refractivity contribution in [2.45, 2.75) is 6.42 Å². The van der Waals surface area contributed by atoms with Crippen LogP contribution in [-0.4, -0.2) is 4.98 Å². The van der Waals surface area contributed by atoms with Crippen LogP contribution in [0.4, 0.5) is 0 Å². The van der Waals surface area contributed by atoms with Crippen molar-refractivity contribution >= 4 is 10.9 Å². The van der Waals surface area contributed by atoms with E-state index in [9.17, 15) is 0 Å². The molecule has 1 aromatic carbocycles. The van der Waals surface area contributed by atoms with Gasteiger partial charge in [-0.2, -0.15) is 5.26 Å². The van der Waals surface area contributed by atoms with Crippen molar-refractivity contribution in [2.24, 2.45) is 5.34 Å². The fraction of sp³-hybridized carbons (Fsp3) is 0.100. The SMILES string of the molecule is N#CCc1c[nH]c2ccccc12.O=N[O-].[Na+]. The molecule has 16 heavy (non-hydrogen) atoms. The monoisotopic (exact) mass is 225 g/mol. The number of para-hydroxylation sites is 1. The van der Waals surface area contributed by atoms with Gasteiger partial charge >= 0.3 is 29.6 Å². The van der Waals surface area contributed by atoms with E-state index in [1.165, 1.54) is 0 Å². The number of rotatable bonds is 1. The van der Waals surface area contributed by atoms with Crippen LogP contribution in [-0.2, 0) is 6.42 Å². The van der Waals surface area contributed by atoms with Crippen molar-refractivity contribution in [2.75, 3.05) is 0 Å². The van der Waals surface area contributed by atoms with Crippen molar-refractivity contribution in [3.05, 3.63) is 46.1 Å². The van der Waals surface area contributed by atoms with E-state index in [1.807, 2.05) is 30.5 Å². The summed E-state index contributed by atoms with van der Waals surface area (Å²) in [5.74, 6) is 0. The summed E-state index contributed by atoms with van der Waals surface area (Å²) >= 11 is 0. The Bertz CT molecular complexity index is 490. The molecular formula is C10H8N3NaO2. The second-order valence-corrected chi connectivity index (χ2v) is 2.77. The van der Waals surface area contributed by atoms with Gasteiger partial charge in [0.15, 0.2) is 0 Å². The molecule has 0 atom stereocenters. The Kier molecular flexibility index (Phi) is 7.21. The Balaban J connectivity index is 0.000000511. The molecule has 6 heteroatoms. The van der Waals surface area contributed by atoms with Gasteiger partial charge in [-0.05, 0) is 11.6 Å². The molecule has 76 valence electrons. The van der Waals surface area contributed by atoms with Crippen LogP contribution in [0.5, 0.6) is 0 Å². The maximum atomic E-state index is 8.53. The topological polar surface area (TPSA) is 92.1 Å². The quantitative estimate of drug-likeness (QED) is 0.402. The molecule has 1 N–H and O–H groups in total. The second-order valence-electron chi connectivity index (χ2n) is 2.77. The molecule has 0 spiro atoms. The minimum absolute atomic E-state index is 0. The van der Waals surface area contributed by atoms with Crippen molar-refractivity contribution in [1.29, 1.82) is 5.26 Å². The first kappa shape index (κ1) is 14.6. The van der Waals surface area contributed by atoms with E-state index in [4.69, 9.17) is 15.4 Å². The van der Waals surface area contributed by atoms with Crippen LogP contribution in [0.25, 0.3) is 10.9 Å². The molecule has 0 aliphatic rings. The second kappa shape index (κ2) is 7.88. The van der Waals surface area contributed by atoms with Gasteiger partial charge in [-0.1, -0.05) is 18.2 Å². The van der Waals surface area contributed by atoms with Gasteiger partial charge in [0.2, 0.25) is 0 Å². The molecule has 1 heterocycles.